The van der Waals surface area contributed by atoms with Gasteiger partial charge in [0.1, 0.15) is 0 Å². The van der Waals surface area contributed by atoms with Gasteiger partial charge in [0.25, 0.3) is 0 Å². The zero-order valence-corrected chi connectivity index (χ0v) is 15.6. The lowest BCUT2D eigenvalue weighted by Gasteiger charge is -2.19. The average Bonchev–Trinajstić information content (AvgIpc) is 3.00. The van der Waals surface area contributed by atoms with Gasteiger partial charge in [0.15, 0.2) is 29.5 Å². The van der Waals surface area contributed by atoms with Crippen molar-refractivity contribution in [2.75, 3.05) is 14.2 Å². The van der Waals surface area contributed by atoms with Crippen LogP contribution in [0.1, 0.15) is 28.0 Å². The largest absolute Gasteiger partial charge is 0.493 e. The number of carbonyl (C=O) groups is 1. The fourth-order valence-corrected chi connectivity index (χ4v) is 3.62. The molecule has 2 aromatic rings. The number of nitrogens with zero attached hydrogens (tertiary/aromatic N) is 1. The molecule has 1 aromatic carbocycles. The predicted octanol–water partition coefficient (Wildman–Crippen LogP) is -2.41. The molecular weight excluding hydrogens is 378 g/mol. The van der Waals surface area contributed by atoms with Crippen molar-refractivity contribution in [3.63, 3.8) is 0 Å². The molecule has 2 aliphatic rings. The van der Waals surface area contributed by atoms with Crippen LogP contribution in [0.15, 0.2) is 24.3 Å². The Labute approximate surface area is 157 Å². The number of carbonyl (C=O) groups excluding carboxylic acids is 1. The van der Waals surface area contributed by atoms with E-state index in [0.717, 1.165) is 42.1 Å². The van der Waals surface area contributed by atoms with Crippen molar-refractivity contribution < 1.29 is 47.7 Å². The molecule has 27 heavy (non-hydrogen) atoms. The number of ether oxygens (including phenoxy) is 2. The molecular formula is C18H18ClNO7. The summed E-state index contributed by atoms with van der Waals surface area (Å²) in [5.74, 6) is 1.78. The van der Waals surface area contributed by atoms with Crippen LogP contribution in [-0.4, -0.2) is 20.0 Å². The van der Waals surface area contributed by atoms with E-state index in [1.807, 2.05) is 12.1 Å². The van der Waals surface area contributed by atoms with Crippen molar-refractivity contribution in [1.29, 1.82) is 0 Å². The molecule has 0 fully saturated rings. The highest BCUT2D eigenvalue weighted by molar-refractivity contribution is 5.99. The molecule has 0 unspecified atom stereocenters. The molecule has 8 nitrogen and oxygen atoms in total. The van der Waals surface area contributed by atoms with Crippen LogP contribution >= 0.6 is 0 Å². The third-order valence-corrected chi connectivity index (χ3v) is 4.71. The van der Waals surface area contributed by atoms with Gasteiger partial charge in [-0.2, -0.15) is 4.57 Å². The number of methoxy groups -OCH3 is 2. The maximum Gasteiger partial charge on any atom is 0.213 e. The molecule has 0 spiro atoms. The highest BCUT2D eigenvalue weighted by Crippen LogP contribution is 2.37. The maximum atomic E-state index is 11.9. The van der Waals surface area contributed by atoms with Gasteiger partial charge < -0.3 is 9.47 Å². The summed E-state index contributed by atoms with van der Waals surface area (Å²) in [5.41, 5.74) is 5.68. The van der Waals surface area contributed by atoms with E-state index in [9.17, 15) is 4.79 Å². The number of hydrogen-bond acceptors (Lipinski definition) is 7. The van der Waals surface area contributed by atoms with Crippen LogP contribution in [0.2, 0.25) is 0 Å². The van der Waals surface area contributed by atoms with E-state index in [1.165, 1.54) is 16.8 Å². The van der Waals surface area contributed by atoms with Gasteiger partial charge in [-0.3, -0.25) is 4.79 Å². The summed E-state index contributed by atoms with van der Waals surface area (Å²) in [6.07, 6.45) is 2.43. The van der Waals surface area contributed by atoms with E-state index in [0.29, 0.717) is 6.42 Å². The number of pyridine rings is 1. The zero-order chi connectivity index (χ0) is 19.8. The quantitative estimate of drug-likeness (QED) is 0.517. The van der Waals surface area contributed by atoms with Gasteiger partial charge >= 0.3 is 0 Å². The van der Waals surface area contributed by atoms with Crippen LogP contribution < -0.4 is 32.7 Å². The third-order valence-electron chi connectivity index (χ3n) is 4.71. The van der Waals surface area contributed by atoms with Gasteiger partial charge in [-0.25, -0.2) is 18.6 Å². The molecule has 4 rings (SSSR count). The molecule has 144 valence electrons. The van der Waals surface area contributed by atoms with Crippen LogP contribution in [0, 0.1) is 10.2 Å². The van der Waals surface area contributed by atoms with Crippen molar-refractivity contribution in [3.8, 4) is 22.8 Å². The third kappa shape index (κ3) is 4.05. The van der Waals surface area contributed by atoms with Crippen LogP contribution in [0.3, 0.4) is 0 Å². The molecule has 0 bridgehead atoms. The van der Waals surface area contributed by atoms with E-state index in [2.05, 4.69) is 16.7 Å². The smallest absolute Gasteiger partial charge is 0.213 e. The zero-order valence-electron chi connectivity index (χ0n) is 14.8. The Morgan fingerprint density at radius 2 is 1.56 bits per heavy atom. The number of rotatable bonds is 2. The first-order valence-electron chi connectivity index (χ1n) is 8.19. The molecule has 2 heterocycles. The highest BCUT2D eigenvalue weighted by Gasteiger charge is 2.34. The fraction of sp³-hybridized carbons (Fsp3) is 0.333. The Morgan fingerprint density at radius 3 is 2.19 bits per heavy atom. The van der Waals surface area contributed by atoms with Crippen LogP contribution in [0.5, 0.6) is 11.5 Å². The van der Waals surface area contributed by atoms with Crippen LogP contribution in [-0.2, 0) is 19.4 Å². The first kappa shape index (κ1) is 19.5. The number of halogens is 1. The summed E-state index contributed by atoms with van der Waals surface area (Å²) in [6, 6.07) is 8.15. The summed E-state index contributed by atoms with van der Waals surface area (Å²) in [6.45, 7) is 0.911. The Morgan fingerprint density at radius 1 is 0.926 bits per heavy atom. The normalized spacial score (nSPS) is 14.5. The Hall–Kier alpha value is -2.23. The number of ketones is 1. The minimum atomic E-state index is -4.94. The lowest BCUT2D eigenvalue weighted by Crippen LogP contribution is -2.68. The number of aromatic nitrogens is 1. The number of aryl methyl sites for hydroxylation is 1. The van der Waals surface area contributed by atoms with E-state index >= 15 is 0 Å². The van der Waals surface area contributed by atoms with Crippen molar-refractivity contribution in [1.82, 2.24) is 0 Å². The van der Waals surface area contributed by atoms with E-state index in [1.54, 1.807) is 14.2 Å². The Balaban J connectivity index is 0.000000376. The van der Waals surface area contributed by atoms with Gasteiger partial charge in [0.2, 0.25) is 5.69 Å². The van der Waals surface area contributed by atoms with E-state index in [4.69, 9.17) is 28.1 Å². The molecule has 0 saturated carbocycles. The number of hydrogen-bond donors (Lipinski definition) is 0. The topological polar surface area (TPSA) is 132 Å². The predicted molar refractivity (Wildman–Crippen MR) is 81.5 cm³/mol. The van der Waals surface area contributed by atoms with Crippen molar-refractivity contribution in [2.45, 2.75) is 25.8 Å². The van der Waals surface area contributed by atoms with E-state index < -0.39 is 10.2 Å². The standard InChI is InChI=1S/C18H18NO3.ClHO4/c1-21-17-9-11-7-8-19-14-5-6-16(20)12(14)3-4-15(19)13(11)10-18(17)22-2;2-1(3,4)5/h3-4,9-10H,5-8H2,1-2H3;(H,2,3,4,5)/q+1;/p-1. The summed E-state index contributed by atoms with van der Waals surface area (Å²) >= 11 is 0. The van der Waals surface area contributed by atoms with Crippen molar-refractivity contribution in [2.24, 2.45) is 0 Å². The van der Waals surface area contributed by atoms with Crippen LogP contribution in [0.4, 0.5) is 0 Å². The van der Waals surface area contributed by atoms with Gasteiger partial charge in [-0.15, -0.1) is 10.2 Å². The Kier molecular flexibility index (Phi) is 5.36. The number of fused-ring (bicyclic) bond motifs is 5. The molecule has 0 amide bonds. The fourth-order valence-electron chi connectivity index (χ4n) is 3.62. The Bertz CT molecular complexity index is 886. The second kappa shape index (κ2) is 7.41. The maximum absolute atomic E-state index is 11.9. The minimum absolute atomic E-state index is 0.267. The molecule has 0 saturated heterocycles. The van der Waals surface area contributed by atoms with Crippen molar-refractivity contribution >= 4 is 5.78 Å². The lowest BCUT2D eigenvalue weighted by atomic mass is 9.95. The average molecular weight is 396 g/mol. The summed E-state index contributed by atoms with van der Waals surface area (Å²) in [4.78, 5) is 11.9. The summed E-state index contributed by atoms with van der Waals surface area (Å²) in [5, 5.41) is 0. The van der Waals surface area contributed by atoms with Gasteiger partial charge in [-0.05, 0) is 23.8 Å². The molecule has 0 radical (unpaired) electrons. The molecule has 1 aliphatic carbocycles. The first-order chi connectivity index (χ1) is 12.7. The minimum Gasteiger partial charge on any atom is -0.493 e. The summed E-state index contributed by atoms with van der Waals surface area (Å²) in [7, 11) is -1.63. The highest BCUT2D eigenvalue weighted by atomic mass is 35.7. The number of Topliss-reactive ketones (excluding diaryl/α,β-unsaturated/α-hetero) is 1. The van der Waals surface area contributed by atoms with Gasteiger partial charge in [-0.1, -0.05) is 0 Å². The summed E-state index contributed by atoms with van der Waals surface area (Å²) < 4.78 is 47.1. The van der Waals surface area contributed by atoms with Gasteiger partial charge in [0.05, 0.1) is 25.3 Å². The van der Waals surface area contributed by atoms with E-state index in [-0.39, 0.29) is 5.78 Å². The molecule has 0 atom stereocenters. The molecule has 1 aliphatic heterocycles. The van der Waals surface area contributed by atoms with Gasteiger partial charge in [0, 0.05) is 25.3 Å². The second-order valence-corrected chi connectivity index (χ2v) is 6.90. The SMILES string of the molecule is COc1cc2c(cc1OC)-c1ccc3c([n+]1CC2)CCC3=O.[O-][Cl+3]([O-])([O-])[O-]. The first-order valence-corrected chi connectivity index (χ1v) is 9.42. The lowest BCUT2D eigenvalue weighted by molar-refractivity contribution is -2.00. The monoisotopic (exact) mass is 395 g/mol. The molecule has 1 aromatic heterocycles. The second-order valence-electron chi connectivity index (χ2n) is 6.15. The van der Waals surface area contributed by atoms with Crippen molar-refractivity contribution in [3.05, 3.63) is 41.1 Å². The number of benzene rings is 1. The molecule has 0 N–H and O–H groups in total. The molecule has 9 heteroatoms. The van der Waals surface area contributed by atoms with Crippen LogP contribution in [0.25, 0.3) is 11.3 Å².